The van der Waals surface area contributed by atoms with Gasteiger partial charge in [0.25, 0.3) is 0 Å². The monoisotopic (exact) mass is 700 g/mol. The summed E-state index contributed by atoms with van der Waals surface area (Å²) in [5.41, 5.74) is 0.744. The van der Waals surface area contributed by atoms with Gasteiger partial charge in [0, 0.05) is 42.0 Å². The number of likely N-dealkylation sites (tertiary alicyclic amines) is 1. The van der Waals surface area contributed by atoms with Crippen molar-refractivity contribution in [2.45, 2.75) is 128 Å². The van der Waals surface area contributed by atoms with E-state index < -0.39 is 29.3 Å². The maximum absolute atomic E-state index is 13.6. The maximum atomic E-state index is 13.6. The molecule has 7 aliphatic rings. The first-order valence-corrected chi connectivity index (χ1v) is 19.2. The van der Waals surface area contributed by atoms with Crippen molar-refractivity contribution < 1.29 is 33.6 Å². The molecule has 2 aliphatic heterocycles. The zero-order chi connectivity index (χ0) is 36.1. The van der Waals surface area contributed by atoms with Crippen LogP contribution < -0.4 is 14.8 Å². The van der Waals surface area contributed by atoms with Gasteiger partial charge < -0.3 is 29.4 Å². The second-order valence-electron chi connectivity index (χ2n) is 18.1. The Labute approximate surface area is 302 Å². The molecule has 2 N–H and O–H groups in total. The summed E-state index contributed by atoms with van der Waals surface area (Å²) in [5.74, 6) is 0.874. The largest absolute Gasteiger partial charge is 0.482 e. The van der Waals surface area contributed by atoms with Crippen molar-refractivity contribution >= 4 is 12.1 Å². The predicted molar refractivity (Wildman–Crippen MR) is 193 cm³/mol. The number of piperidine rings is 1. The maximum Gasteiger partial charge on any atom is 0.413 e. The van der Waals surface area contributed by atoms with Crippen LogP contribution in [-0.2, 0) is 32.7 Å². The summed E-state index contributed by atoms with van der Waals surface area (Å²) in [6.07, 6.45) is 6.10. The predicted octanol–water partition coefficient (Wildman–Crippen LogP) is 6.56. The summed E-state index contributed by atoms with van der Waals surface area (Å²) in [4.78, 5) is 29.6. The van der Waals surface area contributed by atoms with E-state index in [9.17, 15) is 14.7 Å². The van der Waals surface area contributed by atoms with Crippen molar-refractivity contribution in [2.24, 2.45) is 28.6 Å². The highest BCUT2D eigenvalue weighted by Crippen LogP contribution is 2.78. The summed E-state index contributed by atoms with van der Waals surface area (Å²) >= 11 is 0. The fourth-order valence-electron chi connectivity index (χ4n) is 11.2. The number of amides is 1. The highest BCUT2D eigenvalue weighted by atomic mass is 16.6. The number of methoxy groups -OCH3 is 1. The van der Waals surface area contributed by atoms with Crippen LogP contribution in [0.15, 0.2) is 42.5 Å². The van der Waals surface area contributed by atoms with Gasteiger partial charge in [-0.05, 0) is 92.9 Å². The number of hydrogen-bond donors (Lipinski definition) is 2. The van der Waals surface area contributed by atoms with Crippen molar-refractivity contribution in [3.63, 3.8) is 0 Å². The molecule has 4 bridgehead atoms. The molecule has 276 valence electrons. The number of rotatable bonds is 10. The van der Waals surface area contributed by atoms with E-state index >= 15 is 0 Å². The summed E-state index contributed by atoms with van der Waals surface area (Å²) in [6.45, 7) is 14.4. The van der Waals surface area contributed by atoms with Crippen LogP contribution in [-0.4, -0.2) is 71.7 Å². The Morgan fingerprint density at radius 2 is 1.80 bits per heavy atom. The van der Waals surface area contributed by atoms with E-state index in [2.05, 4.69) is 37.1 Å². The van der Waals surface area contributed by atoms with Crippen LogP contribution >= 0.6 is 0 Å². The zero-order valence-corrected chi connectivity index (χ0v) is 31.4. The molecule has 1 saturated heterocycles. The lowest BCUT2D eigenvalue weighted by Gasteiger charge is -2.75. The van der Waals surface area contributed by atoms with E-state index in [-0.39, 0.29) is 40.8 Å². The van der Waals surface area contributed by atoms with Gasteiger partial charge in [-0.25, -0.2) is 9.59 Å². The van der Waals surface area contributed by atoms with E-state index in [1.807, 2.05) is 57.2 Å². The van der Waals surface area contributed by atoms with E-state index in [0.717, 1.165) is 56.7 Å². The number of benzene rings is 2. The van der Waals surface area contributed by atoms with Gasteiger partial charge in [-0.15, -0.1) is 0 Å². The molecular formula is C42H56N2O7. The van der Waals surface area contributed by atoms with Gasteiger partial charge in [-0.1, -0.05) is 71.0 Å². The number of nitrogens with one attached hydrogen (secondary N) is 1. The third-order valence-electron chi connectivity index (χ3n) is 14.5. The number of nitrogens with zero attached hydrogens (tertiary/aromatic N) is 1. The second-order valence-corrected chi connectivity index (χ2v) is 18.1. The standard InChI is InChI=1S/C42H56N2O7/c1-25(2)33(35(45)49-24-27-11-9-8-10-12-27)43-37(46)50-29-16-15-28-21-31-40-17-18-42(48-7,30(22-40)39(6,47)38(3,4)5)36-41(40,32(28)34(29)51-36)19-20-44(31)23-26-13-14-26/h8-12,15-16,25-26,30-31,33,36,47H,13-14,17-24H2,1-7H3,(H,43,46)/t30-,31-,33-,36-,39-,40-,41+,42-/m1/s1. The summed E-state index contributed by atoms with van der Waals surface area (Å²) in [5, 5.41) is 15.3. The number of carbonyl (C=O) groups is 2. The van der Waals surface area contributed by atoms with Crippen LogP contribution in [0.5, 0.6) is 11.5 Å². The van der Waals surface area contributed by atoms with Crippen molar-refractivity contribution in [1.29, 1.82) is 0 Å². The topological polar surface area (TPSA) is 107 Å². The smallest absolute Gasteiger partial charge is 0.413 e. The molecule has 9 nitrogen and oxygen atoms in total. The van der Waals surface area contributed by atoms with Crippen LogP contribution in [0.1, 0.15) is 96.8 Å². The minimum absolute atomic E-state index is 0.116. The molecule has 5 fully saturated rings. The molecule has 0 aromatic heterocycles. The first-order chi connectivity index (χ1) is 24.2. The lowest BCUT2D eigenvalue weighted by molar-refractivity contribution is -0.312. The van der Waals surface area contributed by atoms with Crippen molar-refractivity contribution in [3.05, 3.63) is 59.2 Å². The van der Waals surface area contributed by atoms with Crippen LogP contribution in [0, 0.1) is 28.6 Å². The lowest BCUT2D eigenvalue weighted by atomic mass is 9.33. The minimum Gasteiger partial charge on any atom is -0.482 e. The Bertz CT molecular complexity index is 1700. The van der Waals surface area contributed by atoms with E-state index in [4.69, 9.17) is 18.9 Å². The van der Waals surface area contributed by atoms with E-state index in [0.29, 0.717) is 17.5 Å². The molecule has 1 amide bonds. The number of hydrogen-bond acceptors (Lipinski definition) is 8. The SMILES string of the molecule is CO[C@]12CC[C@@]3(C[C@@H]1[C@@](C)(O)C(C)(C)C)[C@H]1Cc4ccc(OC(=O)N[C@@H](C(=O)OCc5ccccc5)C(C)C)c5c4[C@@]3(CCN1CC1CC1)[C@H]2O5. The van der Waals surface area contributed by atoms with Crippen molar-refractivity contribution in [2.75, 3.05) is 20.2 Å². The van der Waals surface area contributed by atoms with Crippen LogP contribution in [0.4, 0.5) is 4.79 Å². The first kappa shape index (κ1) is 34.9. The first-order valence-electron chi connectivity index (χ1n) is 19.2. The highest BCUT2D eigenvalue weighted by molar-refractivity contribution is 5.83. The third-order valence-corrected chi connectivity index (χ3v) is 14.5. The molecule has 2 heterocycles. The van der Waals surface area contributed by atoms with E-state index in [1.54, 1.807) is 7.11 Å². The average molecular weight is 701 g/mol. The fourth-order valence-corrected chi connectivity index (χ4v) is 11.2. The van der Waals surface area contributed by atoms with Crippen LogP contribution in [0.2, 0.25) is 0 Å². The van der Waals surface area contributed by atoms with Gasteiger partial charge >= 0.3 is 12.1 Å². The minimum atomic E-state index is -1.02. The number of ether oxygens (including phenoxy) is 4. The van der Waals surface area contributed by atoms with Gasteiger partial charge in [0.15, 0.2) is 11.5 Å². The number of fused-ring (bicyclic) bond motifs is 2. The van der Waals surface area contributed by atoms with Gasteiger partial charge in [-0.2, -0.15) is 0 Å². The zero-order valence-electron chi connectivity index (χ0n) is 31.4. The molecular weight excluding hydrogens is 644 g/mol. The molecule has 9 rings (SSSR count). The summed E-state index contributed by atoms with van der Waals surface area (Å²) in [6, 6.07) is 12.9. The molecule has 2 aromatic rings. The summed E-state index contributed by atoms with van der Waals surface area (Å²) in [7, 11) is 1.80. The molecule has 9 heteroatoms. The Kier molecular flexibility index (Phi) is 8.17. The normalized spacial score (nSPS) is 33.5. The summed E-state index contributed by atoms with van der Waals surface area (Å²) < 4.78 is 25.7. The van der Waals surface area contributed by atoms with Crippen LogP contribution in [0.3, 0.4) is 0 Å². The van der Waals surface area contributed by atoms with Gasteiger partial charge in [0.05, 0.1) is 5.60 Å². The molecule has 8 atom stereocenters. The number of esters is 1. The van der Waals surface area contributed by atoms with Crippen molar-refractivity contribution in [3.8, 4) is 11.5 Å². The molecule has 51 heavy (non-hydrogen) atoms. The highest BCUT2D eigenvalue weighted by Gasteiger charge is 2.82. The average Bonchev–Trinajstić information content (AvgIpc) is 3.84. The Morgan fingerprint density at radius 1 is 1.06 bits per heavy atom. The molecule has 0 unspecified atom stereocenters. The quantitative estimate of drug-likeness (QED) is 0.269. The van der Waals surface area contributed by atoms with Crippen LogP contribution in [0.25, 0.3) is 0 Å². The Morgan fingerprint density at radius 3 is 2.47 bits per heavy atom. The second kappa shape index (κ2) is 11.9. The molecule has 0 radical (unpaired) electrons. The Hall–Kier alpha value is -3.14. The molecule has 2 aromatic carbocycles. The molecule has 2 spiro atoms. The van der Waals surface area contributed by atoms with Gasteiger partial charge in [0.1, 0.15) is 24.4 Å². The number of aliphatic hydroxyl groups is 1. The third kappa shape index (κ3) is 5.03. The Balaban J connectivity index is 1.14. The van der Waals surface area contributed by atoms with Gasteiger partial charge in [0.2, 0.25) is 0 Å². The van der Waals surface area contributed by atoms with E-state index in [1.165, 1.54) is 24.0 Å². The molecule has 4 saturated carbocycles. The lowest BCUT2D eigenvalue weighted by Crippen LogP contribution is -2.83. The van der Waals surface area contributed by atoms with Gasteiger partial charge in [-0.3, -0.25) is 4.90 Å². The fraction of sp³-hybridized carbons (Fsp3) is 0.667. The van der Waals surface area contributed by atoms with Crippen molar-refractivity contribution in [1.82, 2.24) is 10.2 Å². The number of carbonyl (C=O) groups excluding carboxylic acids is 2. The molecule has 5 aliphatic carbocycles.